The number of hydrogen-bond donors (Lipinski definition) is 1. The summed E-state index contributed by atoms with van der Waals surface area (Å²) in [6.45, 7) is 6.14. The summed E-state index contributed by atoms with van der Waals surface area (Å²) in [7, 11) is 0. The highest BCUT2D eigenvalue weighted by atomic mass is 32.1. The van der Waals surface area contributed by atoms with Crippen molar-refractivity contribution >= 4 is 16.7 Å². The van der Waals surface area contributed by atoms with Crippen LogP contribution in [0.2, 0.25) is 0 Å². The molecule has 0 amide bonds. The number of aromatic nitrogens is 3. The summed E-state index contributed by atoms with van der Waals surface area (Å²) in [6, 6.07) is 2.92. The predicted molar refractivity (Wildman–Crippen MR) is 66.5 cm³/mol. The second kappa shape index (κ2) is 4.37. The average molecular weight is 252 g/mol. The zero-order valence-electron chi connectivity index (χ0n) is 9.86. The van der Waals surface area contributed by atoms with E-state index in [9.17, 15) is 4.39 Å². The third-order valence-electron chi connectivity index (χ3n) is 1.86. The first-order valence-corrected chi connectivity index (χ1v) is 5.95. The van der Waals surface area contributed by atoms with E-state index in [0.29, 0.717) is 11.5 Å². The normalized spacial score (nSPS) is 11.5. The topological polar surface area (TPSA) is 50.7 Å². The first-order valence-electron chi connectivity index (χ1n) is 5.18. The summed E-state index contributed by atoms with van der Waals surface area (Å²) in [5.41, 5.74) is 0.511. The van der Waals surface area contributed by atoms with E-state index in [1.165, 1.54) is 17.6 Å². The van der Waals surface area contributed by atoms with Crippen LogP contribution in [0.3, 0.4) is 0 Å². The van der Waals surface area contributed by atoms with Crippen LogP contribution in [-0.4, -0.2) is 19.9 Å². The molecular formula is C11H13FN4S. The molecule has 90 valence electrons. The zero-order valence-corrected chi connectivity index (χ0v) is 10.7. The van der Waals surface area contributed by atoms with Crippen molar-refractivity contribution in [2.75, 3.05) is 5.32 Å². The predicted octanol–water partition coefficient (Wildman–Crippen LogP) is 2.95. The lowest BCUT2D eigenvalue weighted by atomic mass is 10.1. The Hall–Kier alpha value is -1.56. The maximum absolute atomic E-state index is 12.7. The van der Waals surface area contributed by atoms with Gasteiger partial charge in [-0.1, -0.05) is 0 Å². The molecule has 0 radical (unpaired) electrons. The third kappa shape index (κ3) is 3.20. The molecule has 17 heavy (non-hydrogen) atoms. The monoisotopic (exact) mass is 252 g/mol. The van der Waals surface area contributed by atoms with E-state index in [4.69, 9.17) is 0 Å². The standard InChI is InChI=1S/C11H13FN4S/c1-11(2,3)15-10-14-9(16-17-10)8-5-4-7(12)6-13-8/h4-6H,1-3H3,(H,14,15,16). The second-order valence-corrected chi connectivity index (χ2v) is 5.41. The first-order chi connectivity index (χ1) is 7.94. The minimum Gasteiger partial charge on any atom is -0.356 e. The number of rotatable bonds is 2. The molecule has 0 aliphatic rings. The molecular weight excluding hydrogens is 239 g/mol. The van der Waals surface area contributed by atoms with Crippen LogP contribution < -0.4 is 5.32 Å². The van der Waals surface area contributed by atoms with Gasteiger partial charge in [0.2, 0.25) is 5.13 Å². The Bertz CT molecular complexity index is 501. The van der Waals surface area contributed by atoms with Crippen LogP contribution in [0, 0.1) is 5.82 Å². The molecule has 0 aromatic carbocycles. The van der Waals surface area contributed by atoms with Crippen molar-refractivity contribution in [3.8, 4) is 11.5 Å². The molecule has 2 aromatic heterocycles. The van der Waals surface area contributed by atoms with Gasteiger partial charge < -0.3 is 5.32 Å². The number of hydrogen-bond acceptors (Lipinski definition) is 5. The van der Waals surface area contributed by atoms with Gasteiger partial charge in [0.25, 0.3) is 0 Å². The smallest absolute Gasteiger partial charge is 0.203 e. The largest absolute Gasteiger partial charge is 0.356 e. The maximum Gasteiger partial charge on any atom is 0.203 e. The van der Waals surface area contributed by atoms with E-state index in [-0.39, 0.29) is 11.4 Å². The van der Waals surface area contributed by atoms with Gasteiger partial charge in [0.05, 0.1) is 6.20 Å². The number of anilines is 1. The Labute approximate surface area is 103 Å². The third-order valence-corrected chi connectivity index (χ3v) is 2.49. The molecule has 0 saturated carbocycles. The summed E-state index contributed by atoms with van der Waals surface area (Å²) in [4.78, 5) is 8.24. The Kier molecular flexibility index (Phi) is 3.06. The molecule has 0 atom stereocenters. The molecule has 6 heteroatoms. The summed E-state index contributed by atoms with van der Waals surface area (Å²) < 4.78 is 16.9. The van der Waals surface area contributed by atoms with E-state index in [2.05, 4.69) is 19.7 Å². The Morgan fingerprint density at radius 1 is 1.29 bits per heavy atom. The van der Waals surface area contributed by atoms with Crippen LogP contribution in [0.15, 0.2) is 18.3 Å². The van der Waals surface area contributed by atoms with E-state index in [1.807, 2.05) is 20.8 Å². The lowest BCUT2D eigenvalue weighted by Crippen LogP contribution is -2.25. The van der Waals surface area contributed by atoms with Crippen molar-refractivity contribution in [2.24, 2.45) is 0 Å². The number of pyridine rings is 1. The zero-order chi connectivity index (χ0) is 12.5. The van der Waals surface area contributed by atoms with Crippen molar-refractivity contribution in [1.29, 1.82) is 0 Å². The van der Waals surface area contributed by atoms with Crippen LogP contribution in [0.5, 0.6) is 0 Å². The number of nitrogens with one attached hydrogen (secondary N) is 1. The fourth-order valence-corrected chi connectivity index (χ4v) is 1.99. The van der Waals surface area contributed by atoms with Crippen LogP contribution in [0.25, 0.3) is 11.5 Å². The van der Waals surface area contributed by atoms with Gasteiger partial charge in [-0.2, -0.15) is 9.36 Å². The molecule has 1 N–H and O–H groups in total. The van der Waals surface area contributed by atoms with Gasteiger partial charge in [-0.05, 0) is 32.9 Å². The van der Waals surface area contributed by atoms with Gasteiger partial charge in [-0.15, -0.1) is 0 Å². The summed E-state index contributed by atoms with van der Waals surface area (Å²) in [6.07, 6.45) is 1.16. The molecule has 4 nitrogen and oxygen atoms in total. The van der Waals surface area contributed by atoms with Crippen LogP contribution in [0.4, 0.5) is 9.52 Å². The molecule has 0 aliphatic carbocycles. The van der Waals surface area contributed by atoms with Crippen molar-refractivity contribution in [3.63, 3.8) is 0 Å². The van der Waals surface area contributed by atoms with Gasteiger partial charge in [0.15, 0.2) is 5.82 Å². The van der Waals surface area contributed by atoms with E-state index < -0.39 is 0 Å². The van der Waals surface area contributed by atoms with E-state index >= 15 is 0 Å². The van der Waals surface area contributed by atoms with Crippen LogP contribution in [0.1, 0.15) is 20.8 Å². The van der Waals surface area contributed by atoms with Gasteiger partial charge in [0, 0.05) is 17.1 Å². The Morgan fingerprint density at radius 2 is 2.06 bits per heavy atom. The Balaban J connectivity index is 2.21. The highest BCUT2D eigenvalue weighted by Crippen LogP contribution is 2.21. The lowest BCUT2D eigenvalue weighted by molar-refractivity contribution is 0.621. The minimum absolute atomic E-state index is 0.0625. The first kappa shape index (κ1) is 11.9. The van der Waals surface area contributed by atoms with Crippen molar-refractivity contribution in [2.45, 2.75) is 26.3 Å². The minimum atomic E-state index is -0.364. The maximum atomic E-state index is 12.7. The summed E-state index contributed by atoms with van der Waals surface area (Å²) in [5.74, 6) is 0.152. The highest BCUT2D eigenvalue weighted by Gasteiger charge is 2.14. The molecule has 0 bridgehead atoms. The van der Waals surface area contributed by atoms with Crippen molar-refractivity contribution in [1.82, 2.24) is 14.3 Å². The fourth-order valence-electron chi connectivity index (χ4n) is 1.21. The molecule has 2 aromatic rings. The molecule has 2 heterocycles. The SMILES string of the molecule is CC(C)(C)Nc1nc(-c2ccc(F)cn2)ns1. The van der Waals surface area contributed by atoms with Crippen molar-refractivity contribution < 1.29 is 4.39 Å². The van der Waals surface area contributed by atoms with Gasteiger partial charge in [0.1, 0.15) is 11.5 Å². The average Bonchev–Trinajstić information content (AvgIpc) is 2.64. The van der Waals surface area contributed by atoms with Gasteiger partial charge in [-0.25, -0.2) is 9.37 Å². The quantitative estimate of drug-likeness (QED) is 0.892. The van der Waals surface area contributed by atoms with Crippen LogP contribution in [-0.2, 0) is 0 Å². The summed E-state index contributed by atoms with van der Waals surface area (Å²) >= 11 is 1.27. The molecule has 0 fully saturated rings. The second-order valence-electron chi connectivity index (χ2n) is 4.66. The molecule has 0 saturated heterocycles. The molecule has 0 unspecified atom stereocenters. The van der Waals surface area contributed by atoms with Crippen molar-refractivity contribution in [3.05, 3.63) is 24.1 Å². The molecule has 0 spiro atoms. The fraction of sp³-hybridized carbons (Fsp3) is 0.364. The van der Waals surface area contributed by atoms with Crippen LogP contribution >= 0.6 is 11.5 Å². The lowest BCUT2D eigenvalue weighted by Gasteiger charge is -2.18. The number of nitrogens with zero attached hydrogens (tertiary/aromatic N) is 3. The molecule has 0 aliphatic heterocycles. The van der Waals surface area contributed by atoms with E-state index in [1.54, 1.807) is 6.07 Å². The van der Waals surface area contributed by atoms with Gasteiger partial charge in [-0.3, -0.25) is 0 Å². The highest BCUT2D eigenvalue weighted by molar-refractivity contribution is 7.09. The number of halogens is 1. The Morgan fingerprint density at radius 3 is 2.65 bits per heavy atom. The van der Waals surface area contributed by atoms with E-state index in [0.717, 1.165) is 11.3 Å². The summed E-state index contributed by atoms with van der Waals surface area (Å²) in [5, 5.41) is 3.96. The van der Waals surface area contributed by atoms with Gasteiger partial charge >= 0.3 is 0 Å². The molecule has 2 rings (SSSR count).